The minimum absolute atomic E-state index is 0.162. The van der Waals surface area contributed by atoms with Gasteiger partial charge >= 0.3 is 0 Å². The third kappa shape index (κ3) is 1.93. The number of nitrogens with zero attached hydrogens (tertiary/aromatic N) is 3. The predicted molar refractivity (Wildman–Crippen MR) is 85.1 cm³/mol. The van der Waals surface area contributed by atoms with Gasteiger partial charge in [0.25, 0.3) is 5.56 Å². The molecular weight excluding hydrogens is 306 g/mol. The fourth-order valence-corrected chi connectivity index (χ4v) is 3.42. The standard InChI is InChI=1S/C15H8ClN3OS/c16-11-7-3-1-5-9(11)13-18-19-14(20)10-6-2-4-8-12(10)17-15(19)21-13/h1-8H. The molecule has 2 aromatic carbocycles. The summed E-state index contributed by atoms with van der Waals surface area (Å²) in [5.41, 5.74) is 1.32. The lowest BCUT2D eigenvalue weighted by molar-refractivity contribution is 0.920. The normalized spacial score (nSPS) is 11.3. The van der Waals surface area contributed by atoms with Crippen LogP contribution in [0, 0.1) is 0 Å². The minimum atomic E-state index is -0.162. The maximum atomic E-state index is 12.5. The van der Waals surface area contributed by atoms with Crippen molar-refractivity contribution in [2.45, 2.75) is 0 Å². The Morgan fingerprint density at radius 1 is 1.05 bits per heavy atom. The molecule has 2 heterocycles. The first-order chi connectivity index (χ1) is 10.2. The number of hydrogen-bond acceptors (Lipinski definition) is 4. The summed E-state index contributed by atoms with van der Waals surface area (Å²) in [6.07, 6.45) is 0. The quantitative estimate of drug-likeness (QED) is 0.539. The molecule has 102 valence electrons. The van der Waals surface area contributed by atoms with E-state index in [1.807, 2.05) is 36.4 Å². The molecule has 0 radical (unpaired) electrons. The van der Waals surface area contributed by atoms with E-state index in [4.69, 9.17) is 11.6 Å². The van der Waals surface area contributed by atoms with Gasteiger partial charge in [0, 0.05) is 5.56 Å². The Balaban J connectivity index is 2.07. The highest BCUT2D eigenvalue weighted by Crippen LogP contribution is 2.30. The van der Waals surface area contributed by atoms with Crippen molar-refractivity contribution in [3.05, 3.63) is 63.9 Å². The fourth-order valence-electron chi connectivity index (χ4n) is 2.20. The Hall–Kier alpha value is -2.24. The maximum Gasteiger partial charge on any atom is 0.283 e. The van der Waals surface area contributed by atoms with Crippen LogP contribution in [0.5, 0.6) is 0 Å². The van der Waals surface area contributed by atoms with E-state index in [1.165, 1.54) is 15.9 Å². The van der Waals surface area contributed by atoms with Crippen molar-refractivity contribution in [2.24, 2.45) is 0 Å². The zero-order valence-corrected chi connectivity index (χ0v) is 12.2. The van der Waals surface area contributed by atoms with Crippen molar-refractivity contribution in [3.8, 4) is 10.6 Å². The molecule has 0 unspecified atom stereocenters. The van der Waals surface area contributed by atoms with Crippen molar-refractivity contribution in [3.63, 3.8) is 0 Å². The number of benzene rings is 2. The second kappa shape index (κ2) is 4.65. The lowest BCUT2D eigenvalue weighted by Crippen LogP contribution is -2.14. The molecule has 4 nitrogen and oxygen atoms in total. The Morgan fingerprint density at radius 3 is 2.67 bits per heavy atom. The van der Waals surface area contributed by atoms with Crippen LogP contribution in [0.3, 0.4) is 0 Å². The summed E-state index contributed by atoms with van der Waals surface area (Å²) in [6.45, 7) is 0. The van der Waals surface area contributed by atoms with E-state index in [9.17, 15) is 4.79 Å². The molecule has 0 saturated heterocycles. The van der Waals surface area contributed by atoms with E-state index in [2.05, 4.69) is 10.1 Å². The molecule has 21 heavy (non-hydrogen) atoms. The Kier molecular flexibility index (Phi) is 2.77. The molecule has 6 heteroatoms. The SMILES string of the molecule is O=c1c2ccccc2nc2sc(-c3ccccc3Cl)nn12. The molecule has 0 aliphatic heterocycles. The van der Waals surface area contributed by atoms with Crippen molar-refractivity contribution >= 4 is 38.8 Å². The molecule has 4 rings (SSSR count). The van der Waals surface area contributed by atoms with E-state index in [0.29, 0.717) is 25.9 Å². The highest BCUT2D eigenvalue weighted by molar-refractivity contribution is 7.19. The van der Waals surface area contributed by atoms with Crippen LogP contribution in [0.1, 0.15) is 0 Å². The van der Waals surface area contributed by atoms with Crippen LogP contribution in [0.25, 0.3) is 26.4 Å². The molecule has 0 spiro atoms. The first kappa shape index (κ1) is 12.5. The molecule has 0 fully saturated rings. The van der Waals surface area contributed by atoms with Crippen molar-refractivity contribution in [2.75, 3.05) is 0 Å². The second-order valence-corrected chi connectivity index (χ2v) is 5.88. The maximum absolute atomic E-state index is 12.5. The van der Waals surface area contributed by atoms with Crippen LogP contribution in [0.4, 0.5) is 0 Å². The van der Waals surface area contributed by atoms with Gasteiger partial charge in [-0.3, -0.25) is 4.79 Å². The van der Waals surface area contributed by atoms with E-state index >= 15 is 0 Å². The average molecular weight is 314 g/mol. The summed E-state index contributed by atoms with van der Waals surface area (Å²) in [7, 11) is 0. The van der Waals surface area contributed by atoms with Gasteiger partial charge in [0.05, 0.1) is 15.9 Å². The lowest BCUT2D eigenvalue weighted by atomic mass is 10.2. The van der Waals surface area contributed by atoms with Crippen LogP contribution < -0.4 is 5.56 Å². The first-order valence-electron chi connectivity index (χ1n) is 6.27. The summed E-state index contributed by atoms with van der Waals surface area (Å²) in [6, 6.07) is 14.7. The van der Waals surface area contributed by atoms with Crippen molar-refractivity contribution in [1.29, 1.82) is 0 Å². The molecule has 0 aliphatic rings. The Labute approximate surface area is 128 Å². The number of para-hydroxylation sites is 1. The van der Waals surface area contributed by atoms with Gasteiger partial charge in [0.15, 0.2) is 0 Å². The summed E-state index contributed by atoms with van der Waals surface area (Å²) >= 11 is 7.54. The minimum Gasteiger partial charge on any atom is -0.267 e. The molecule has 0 amide bonds. The third-order valence-electron chi connectivity index (χ3n) is 3.21. The van der Waals surface area contributed by atoms with Gasteiger partial charge in [-0.2, -0.15) is 9.61 Å². The van der Waals surface area contributed by atoms with Gasteiger partial charge in [-0.15, -0.1) is 0 Å². The number of halogens is 1. The topological polar surface area (TPSA) is 47.3 Å². The van der Waals surface area contributed by atoms with E-state index < -0.39 is 0 Å². The van der Waals surface area contributed by atoms with Crippen LogP contribution in [0.15, 0.2) is 53.3 Å². The van der Waals surface area contributed by atoms with Crippen LogP contribution in [-0.4, -0.2) is 14.6 Å². The molecule has 0 saturated carbocycles. The van der Waals surface area contributed by atoms with Gasteiger partial charge < -0.3 is 0 Å². The van der Waals surface area contributed by atoms with Gasteiger partial charge in [-0.25, -0.2) is 4.98 Å². The molecule has 0 atom stereocenters. The molecule has 4 aromatic rings. The summed E-state index contributed by atoms with van der Waals surface area (Å²) < 4.78 is 1.34. The smallest absolute Gasteiger partial charge is 0.267 e. The molecular formula is C15H8ClN3OS. The van der Waals surface area contributed by atoms with Crippen LogP contribution in [-0.2, 0) is 0 Å². The van der Waals surface area contributed by atoms with Gasteiger partial charge in [-0.1, -0.05) is 53.3 Å². The summed E-state index contributed by atoms with van der Waals surface area (Å²) in [5.74, 6) is 0. The highest BCUT2D eigenvalue weighted by Gasteiger charge is 2.13. The number of aromatic nitrogens is 3. The zero-order chi connectivity index (χ0) is 14.4. The fraction of sp³-hybridized carbons (Fsp3) is 0. The van der Waals surface area contributed by atoms with Gasteiger partial charge in [0.2, 0.25) is 4.96 Å². The Bertz CT molecular complexity index is 1040. The van der Waals surface area contributed by atoms with Crippen molar-refractivity contribution in [1.82, 2.24) is 14.6 Å². The van der Waals surface area contributed by atoms with E-state index in [-0.39, 0.29) is 5.56 Å². The Morgan fingerprint density at radius 2 is 1.81 bits per heavy atom. The number of rotatable bonds is 1. The monoisotopic (exact) mass is 313 g/mol. The molecule has 2 aromatic heterocycles. The predicted octanol–water partition coefficient (Wildman–Crippen LogP) is 3.62. The van der Waals surface area contributed by atoms with Crippen LogP contribution >= 0.6 is 22.9 Å². The first-order valence-corrected chi connectivity index (χ1v) is 7.47. The number of fused-ring (bicyclic) bond motifs is 2. The summed E-state index contributed by atoms with van der Waals surface area (Å²) in [5, 5.41) is 6.22. The zero-order valence-electron chi connectivity index (χ0n) is 10.7. The average Bonchev–Trinajstić information content (AvgIpc) is 2.92. The summed E-state index contributed by atoms with van der Waals surface area (Å²) in [4.78, 5) is 17.5. The molecule has 0 bridgehead atoms. The van der Waals surface area contributed by atoms with E-state index in [1.54, 1.807) is 12.1 Å². The lowest BCUT2D eigenvalue weighted by Gasteiger charge is -1.97. The third-order valence-corrected chi connectivity index (χ3v) is 4.48. The van der Waals surface area contributed by atoms with Crippen molar-refractivity contribution < 1.29 is 0 Å². The van der Waals surface area contributed by atoms with Crippen LogP contribution in [0.2, 0.25) is 5.02 Å². The second-order valence-electron chi connectivity index (χ2n) is 4.52. The van der Waals surface area contributed by atoms with Gasteiger partial charge in [0.1, 0.15) is 5.01 Å². The largest absolute Gasteiger partial charge is 0.283 e. The van der Waals surface area contributed by atoms with E-state index in [0.717, 1.165) is 5.56 Å². The molecule has 0 N–H and O–H groups in total. The molecule has 0 aliphatic carbocycles. The van der Waals surface area contributed by atoms with Gasteiger partial charge in [-0.05, 0) is 18.2 Å². The highest BCUT2D eigenvalue weighted by atomic mass is 35.5. The number of hydrogen-bond donors (Lipinski definition) is 0.